The maximum absolute atomic E-state index is 12.9. The Kier molecular flexibility index (Phi) is 3.98. The van der Waals surface area contributed by atoms with Crippen molar-refractivity contribution in [2.45, 2.75) is 31.4 Å². The number of halogens is 1. The van der Waals surface area contributed by atoms with Gasteiger partial charge in [-0.05, 0) is 37.1 Å². The molecule has 21 heavy (non-hydrogen) atoms. The molecular weight excluding hydrogens is 275 g/mol. The number of nitrogens with zero attached hydrogens (tertiary/aromatic N) is 1. The van der Waals surface area contributed by atoms with Gasteiger partial charge in [0, 0.05) is 13.2 Å². The molecule has 2 fully saturated rings. The summed E-state index contributed by atoms with van der Waals surface area (Å²) in [5, 5.41) is 3.10. The highest BCUT2D eigenvalue weighted by molar-refractivity contribution is 6.22. The fourth-order valence-electron chi connectivity index (χ4n) is 2.73. The van der Waals surface area contributed by atoms with Crippen LogP contribution >= 0.6 is 0 Å². The SMILES string of the molecule is O=C1C[C@@H](NC[C@@H]2CCCO2)C(=O)N1c1ccc(F)cc1. The second-order valence-electron chi connectivity index (χ2n) is 5.34. The molecule has 0 radical (unpaired) electrons. The van der Waals surface area contributed by atoms with Gasteiger partial charge in [0.15, 0.2) is 0 Å². The largest absolute Gasteiger partial charge is 0.377 e. The number of rotatable bonds is 4. The molecule has 1 aromatic rings. The van der Waals surface area contributed by atoms with Crippen molar-refractivity contribution in [1.29, 1.82) is 0 Å². The first kappa shape index (κ1) is 14.2. The van der Waals surface area contributed by atoms with Crippen LogP contribution < -0.4 is 10.2 Å². The molecule has 2 amide bonds. The van der Waals surface area contributed by atoms with Crippen molar-refractivity contribution in [3.63, 3.8) is 0 Å². The lowest BCUT2D eigenvalue weighted by atomic mass is 10.2. The van der Waals surface area contributed by atoms with Crippen LogP contribution in [-0.2, 0) is 14.3 Å². The average Bonchev–Trinajstić information content (AvgIpc) is 3.07. The number of ether oxygens (including phenoxy) is 1. The number of hydrogen-bond donors (Lipinski definition) is 1. The predicted molar refractivity (Wildman–Crippen MR) is 74.3 cm³/mol. The third-order valence-corrected chi connectivity index (χ3v) is 3.85. The Morgan fingerprint density at radius 2 is 2.05 bits per heavy atom. The second-order valence-corrected chi connectivity index (χ2v) is 5.34. The molecular formula is C15H17FN2O3. The van der Waals surface area contributed by atoms with Gasteiger partial charge in [-0.2, -0.15) is 0 Å². The van der Waals surface area contributed by atoms with E-state index < -0.39 is 11.9 Å². The number of benzene rings is 1. The molecule has 2 aliphatic rings. The van der Waals surface area contributed by atoms with Crippen LogP contribution in [0.2, 0.25) is 0 Å². The minimum atomic E-state index is -0.522. The van der Waals surface area contributed by atoms with Crippen molar-refractivity contribution in [3.05, 3.63) is 30.1 Å². The van der Waals surface area contributed by atoms with Gasteiger partial charge in [-0.25, -0.2) is 9.29 Å². The normalized spacial score (nSPS) is 25.9. The lowest BCUT2D eigenvalue weighted by molar-refractivity contribution is -0.121. The van der Waals surface area contributed by atoms with E-state index in [1.807, 2.05) is 0 Å². The van der Waals surface area contributed by atoms with E-state index in [9.17, 15) is 14.0 Å². The molecule has 112 valence electrons. The van der Waals surface area contributed by atoms with Gasteiger partial charge in [-0.15, -0.1) is 0 Å². The molecule has 0 saturated carbocycles. The van der Waals surface area contributed by atoms with Crippen LogP contribution in [0.15, 0.2) is 24.3 Å². The van der Waals surface area contributed by atoms with E-state index in [2.05, 4.69) is 5.32 Å². The molecule has 0 aromatic heterocycles. The zero-order valence-electron chi connectivity index (χ0n) is 11.5. The zero-order valence-corrected chi connectivity index (χ0v) is 11.5. The first-order valence-corrected chi connectivity index (χ1v) is 7.12. The van der Waals surface area contributed by atoms with Crippen LogP contribution in [-0.4, -0.2) is 37.1 Å². The van der Waals surface area contributed by atoms with Crippen molar-refractivity contribution in [2.24, 2.45) is 0 Å². The molecule has 2 heterocycles. The van der Waals surface area contributed by atoms with Gasteiger partial charge in [0.2, 0.25) is 5.91 Å². The van der Waals surface area contributed by atoms with Crippen molar-refractivity contribution < 1.29 is 18.7 Å². The van der Waals surface area contributed by atoms with Crippen molar-refractivity contribution in [2.75, 3.05) is 18.1 Å². The molecule has 1 N–H and O–H groups in total. The summed E-state index contributed by atoms with van der Waals surface area (Å²) < 4.78 is 18.4. The molecule has 0 unspecified atom stereocenters. The van der Waals surface area contributed by atoms with Gasteiger partial charge in [-0.1, -0.05) is 0 Å². The minimum absolute atomic E-state index is 0.118. The van der Waals surface area contributed by atoms with Crippen LogP contribution in [0, 0.1) is 5.82 Å². The fourth-order valence-corrected chi connectivity index (χ4v) is 2.73. The molecule has 3 rings (SSSR count). The molecule has 0 bridgehead atoms. The van der Waals surface area contributed by atoms with E-state index in [0.29, 0.717) is 12.2 Å². The third-order valence-electron chi connectivity index (χ3n) is 3.85. The third kappa shape index (κ3) is 2.96. The van der Waals surface area contributed by atoms with E-state index in [-0.39, 0.29) is 24.3 Å². The van der Waals surface area contributed by atoms with Gasteiger partial charge in [-0.3, -0.25) is 9.59 Å². The summed E-state index contributed by atoms with van der Waals surface area (Å²) in [5.74, 6) is -0.952. The second kappa shape index (κ2) is 5.91. The van der Waals surface area contributed by atoms with Gasteiger partial charge in [0.05, 0.1) is 24.3 Å². The van der Waals surface area contributed by atoms with Crippen LogP contribution in [0.5, 0.6) is 0 Å². The summed E-state index contributed by atoms with van der Waals surface area (Å²) in [6.45, 7) is 1.33. The Hall–Kier alpha value is -1.79. The maximum atomic E-state index is 12.9. The molecule has 0 aliphatic carbocycles. The van der Waals surface area contributed by atoms with E-state index in [4.69, 9.17) is 4.74 Å². The maximum Gasteiger partial charge on any atom is 0.251 e. The highest BCUT2D eigenvalue weighted by Gasteiger charge is 2.39. The fraction of sp³-hybridized carbons (Fsp3) is 0.467. The van der Waals surface area contributed by atoms with Crippen molar-refractivity contribution >= 4 is 17.5 Å². The van der Waals surface area contributed by atoms with E-state index in [0.717, 1.165) is 24.3 Å². The standard InChI is InChI=1S/C15H17FN2O3/c16-10-3-5-11(6-4-10)18-14(19)8-13(15(18)20)17-9-12-2-1-7-21-12/h3-6,12-13,17H,1-2,7-9H2/t12-,13+/m0/s1. The smallest absolute Gasteiger partial charge is 0.251 e. The Bertz CT molecular complexity index is 540. The van der Waals surface area contributed by atoms with Gasteiger partial charge >= 0.3 is 0 Å². The zero-order chi connectivity index (χ0) is 14.8. The van der Waals surface area contributed by atoms with E-state index in [1.54, 1.807) is 0 Å². The number of imide groups is 1. The van der Waals surface area contributed by atoms with Crippen molar-refractivity contribution in [1.82, 2.24) is 5.32 Å². The number of carbonyl (C=O) groups excluding carboxylic acids is 2. The number of anilines is 1. The molecule has 0 spiro atoms. The molecule has 6 heteroatoms. The van der Waals surface area contributed by atoms with Crippen LogP contribution in [0.3, 0.4) is 0 Å². The van der Waals surface area contributed by atoms with Gasteiger partial charge < -0.3 is 10.1 Å². The lowest BCUT2D eigenvalue weighted by Crippen LogP contribution is -2.41. The van der Waals surface area contributed by atoms with Crippen LogP contribution in [0.25, 0.3) is 0 Å². The number of nitrogens with one attached hydrogen (secondary N) is 1. The highest BCUT2D eigenvalue weighted by atomic mass is 19.1. The summed E-state index contributed by atoms with van der Waals surface area (Å²) >= 11 is 0. The topological polar surface area (TPSA) is 58.6 Å². The summed E-state index contributed by atoms with van der Waals surface area (Å²) in [5.41, 5.74) is 0.410. The van der Waals surface area contributed by atoms with Crippen LogP contribution in [0.4, 0.5) is 10.1 Å². The first-order chi connectivity index (χ1) is 10.1. The molecule has 2 atom stereocenters. The van der Waals surface area contributed by atoms with E-state index in [1.165, 1.54) is 24.3 Å². The number of carbonyl (C=O) groups is 2. The summed E-state index contributed by atoms with van der Waals surface area (Å²) in [7, 11) is 0. The molecule has 1 aromatic carbocycles. The first-order valence-electron chi connectivity index (χ1n) is 7.12. The monoisotopic (exact) mass is 292 g/mol. The number of hydrogen-bond acceptors (Lipinski definition) is 4. The molecule has 2 saturated heterocycles. The van der Waals surface area contributed by atoms with Gasteiger partial charge in [0.25, 0.3) is 5.91 Å². The van der Waals surface area contributed by atoms with Crippen molar-refractivity contribution in [3.8, 4) is 0 Å². The Morgan fingerprint density at radius 3 is 2.71 bits per heavy atom. The minimum Gasteiger partial charge on any atom is -0.377 e. The van der Waals surface area contributed by atoms with Crippen LogP contribution in [0.1, 0.15) is 19.3 Å². The number of amides is 2. The quantitative estimate of drug-likeness (QED) is 0.848. The molecule has 2 aliphatic heterocycles. The lowest BCUT2D eigenvalue weighted by Gasteiger charge is -2.17. The predicted octanol–water partition coefficient (Wildman–Crippen LogP) is 1.23. The van der Waals surface area contributed by atoms with Gasteiger partial charge in [0.1, 0.15) is 5.82 Å². The summed E-state index contributed by atoms with van der Waals surface area (Å²) in [6.07, 6.45) is 2.26. The summed E-state index contributed by atoms with van der Waals surface area (Å²) in [4.78, 5) is 25.4. The summed E-state index contributed by atoms with van der Waals surface area (Å²) in [6, 6.07) is 4.83. The average molecular weight is 292 g/mol. The molecule has 5 nitrogen and oxygen atoms in total. The van der Waals surface area contributed by atoms with E-state index >= 15 is 0 Å². The Balaban J connectivity index is 1.65. The Labute approximate surface area is 122 Å². The Morgan fingerprint density at radius 1 is 1.29 bits per heavy atom. The highest BCUT2D eigenvalue weighted by Crippen LogP contribution is 2.23.